The van der Waals surface area contributed by atoms with Crippen LogP contribution in [-0.4, -0.2) is 35.0 Å². The molecule has 0 spiro atoms. The van der Waals surface area contributed by atoms with E-state index in [1.807, 2.05) is 30.3 Å². The number of nitrogens with zero attached hydrogens (tertiary/aromatic N) is 1. The van der Waals surface area contributed by atoms with E-state index in [0.29, 0.717) is 17.9 Å². The van der Waals surface area contributed by atoms with Gasteiger partial charge in [0, 0.05) is 31.1 Å². The van der Waals surface area contributed by atoms with Crippen LogP contribution in [0, 0.1) is 17.8 Å². The standard InChI is InChI=1S/C29H36N2O2/c1-19(21-15-14-20-8-7-9-22(20)16-21)31-17-25-26(18-31)27(25)30-28(32)29(33,24-12-5-6-13-24)23-10-3-2-4-11-23/h2-4,10-11,14-16,19,24-27,33H,5-9,12-13,17-18H2,1H3,(H,30,32)/t19?,25-,26+,27?,29?. The number of carbonyl (C=O) groups is 1. The smallest absolute Gasteiger partial charge is 0.257 e. The maximum absolute atomic E-state index is 13.5. The summed E-state index contributed by atoms with van der Waals surface area (Å²) in [6.07, 6.45) is 7.77. The molecule has 1 heterocycles. The van der Waals surface area contributed by atoms with E-state index in [1.54, 1.807) is 5.56 Å². The molecule has 0 aromatic heterocycles. The summed E-state index contributed by atoms with van der Waals surface area (Å²) in [6, 6.07) is 17.3. The third-order valence-electron chi connectivity index (χ3n) is 9.18. The molecule has 3 aliphatic carbocycles. The van der Waals surface area contributed by atoms with Gasteiger partial charge in [-0.25, -0.2) is 0 Å². The number of hydrogen-bond donors (Lipinski definition) is 2. The quantitative estimate of drug-likeness (QED) is 0.696. The SMILES string of the molecule is CC(c1ccc2c(c1)CCC2)N1C[C@@H]2C(NC(=O)C(O)(c3ccccc3)C3CCCC3)[C@@H]2C1. The Balaban J connectivity index is 1.11. The van der Waals surface area contributed by atoms with Gasteiger partial charge in [-0.15, -0.1) is 0 Å². The van der Waals surface area contributed by atoms with Crippen LogP contribution in [0.1, 0.15) is 67.3 Å². The number of nitrogens with one attached hydrogen (secondary N) is 1. The number of carbonyl (C=O) groups excluding carboxylic acids is 1. The van der Waals surface area contributed by atoms with Crippen molar-refractivity contribution in [1.82, 2.24) is 10.2 Å². The summed E-state index contributed by atoms with van der Waals surface area (Å²) in [7, 11) is 0. The first kappa shape index (κ1) is 21.4. The van der Waals surface area contributed by atoms with Gasteiger partial charge in [-0.1, -0.05) is 61.4 Å². The number of fused-ring (bicyclic) bond motifs is 2. The highest BCUT2D eigenvalue weighted by atomic mass is 16.3. The van der Waals surface area contributed by atoms with E-state index in [9.17, 15) is 9.90 Å². The van der Waals surface area contributed by atoms with Gasteiger partial charge in [-0.05, 0) is 73.1 Å². The van der Waals surface area contributed by atoms with Crippen LogP contribution in [0.3, 0.4) is 0 Å². The lowest BCUT2D eigenvalue weighted by Gasteiger charge is -2.34. The average Bonchev–Trinajstić information content (AvgIpc) is 3.40. The monoisotopic (exact) mass is 444 g/mol. The molecule has 4 heteroatoms. The summed E-state index contributed by atoms with van der Waals surface area (Å²) in [5.41, 5.74) is 3.84. The number of amides is 1. The van der Waals surface area contributed by atoms with Gasteiger partial charge in [-0.3, -0.25) is 9.69 Å². The second-order valence-electron chi connectivity index (χ2n) is 11.0. The van der Waals surface area contributed by atoms with Gasteiger partial charge in [0.1, 0.15) is 0 Å². The lowest BCUT2D eigenvalue weighted by atomic mass is 9.79. The molecule has 2 saturated carbocycles. The summed E-state index contributed by atoms with van der Waals surface area (Å²) >= 11 is 0. The first-order valence-electron chi connectivity index (χ1n) is 13.0. The van der Waals surface area contributed by atoms with E-state index >= 15 is 0 Å². The Morgan fingerprint density at radius 3 is 2.42 bits per heavy atom. The van der Waals surface area contributed by atoms with Crippen LogP contribution in [0.4, 0.5) is 0 Å². The Morgan fingerprint density at radius 1 is 1.00 bits per heavy atom. The normalized spacial score (nSPS) is 29.3. The van der Waals surface area contributed by atoms with Gasteiger partial charge < -0.3 is 10.4 Å². The van der Waals surface area contributed by atoms with Crippen molar-refractivity contribution in [2.45, 2.75) is 69.6 Å². The summed E-state index contributed by atoms with van der Waals surface area (Å²) < 4.78 is 0. The van der Waals surface area contributed by atoms with E-state index in [-0.39, 0.29) is 17.9 Å². The molecule has 3 fully saturated rings. The Morgan fingerprint density at radius 2 is 1.70 bits per heavy atom. The third-order valence-corrected chi connectivity index (χ3v) is 9.18. The highest BCUT2D eigenvalue weighted by molar-refractivity contribution is 5.87. The van der Waals surface area contributed by atoms with E-state index < -0.39 is 5.60 Å². The van der Waals surface area contributed by atoms with Crippen molar-refractivity contribution in [3.8, 4) is 0 Å². The fourth-order valence-electron chi connectivity index (χ4n) is 7.00. The van der Waals surface area contributed by atoms with E-state index in [0.717, 1.165) is 44.3 Å². The van der Waals surface area contributed by atoms with Crippen molar-refractivity contribution in [3.63, 3.8) is 0 Å². The molecule has 4 nitrogen and oxygen atoms in total. The first-order chi connectivity index (χ1) is 16.1. The van der Waals surface area contributed by atoms with Crippen LogP contribution in [0.15, 0.2) is 48.5 Å². The molecule has 3 unspecified atom stereocenters. The van der Waals surface area contributed by atoms with Crippen molar-refractivity contribution in [2.24, 2.45) is 17.8 Å². The van der Waals surface area contributed by atoms with E-state index in [4.69, 9.17) is 0 Å². The topological polar surface area (TPSA) is 52.6 Å². The van der Waals surface area contributed by atoms with Crippen molar-refractivity contribution in [3.05, 3.63) is 70.8 Å². The predicted molar refractivity (Wildman–Crippen MR) is 130 cm³/mol. The summed E-state index contributed by atoms with van der Waals surface area (Å²) in [5.74, 6) is 0.844. The molecule has 0 bridgehead atoms. The second-order valence-corrected chi connectivity index (χ2v) is 11.0. The molecule has 5 atom stereocenters. The molecular formula is C29H36N2O2. The van der Waals surface area contributed by atoms with Gasteiger partial charge >= 0.3 is 0 Å². The molecule has 6 rings (SSSR count). The molecule has 1 aliphatic heterocycles. The van der Waals surface area contributed by atoms with Gasteiger partial charge in [0.15, 0.2) is 5.60 Å². The fourth-order valence-corrected chi connectivity index (χ4v) is 7.00. The van der Waals surface area contributed by atoms with Gasteiger partial charge in [0.2, 0.25) is 0 Å². The number of likely N-dealkylation sites (tertiary alicyclic amines) is 1. The highest BCUT2D eigenvalue weighted by Crippen LogP contribution is 2.49. The predicted octanol–water partition coefficient (Wildman–Crippen LogP) is 4.36. The number of piperidine rings is 1. The number of aliphatic hydroxyl groups is 1. The minimum absolute atomic E-state index is 0.00909. The van der Waals surface area contributed by atoms with Crippen LogP contribution < -0.4 is 5.32 Å². The Kier molecular flexibility index (Phi) is 5.34. The van der Waals surface area contributed by atoms with Crippen molar-refractivity contribution < 1.29 is 9.90 Å². The minimum Gasteiger partial charge on any atom is -0.375 e. The molecule has 2 aromatic carbocycles. The van der Waals surface area contributed by atoms with Crippen LogP contribution in [0.5, 0.6) is 0 Å². The number of rotatable bonds is 6. The number of hydrogen-bond acceptors (Lipinski definition) is 3. The molecule has 2 aromatic rings. The molecule has 174 valence electrons. The maximum atomic E-state index is 13.5. The van der Waals surface area contributed by atoms with Gasteiger partial charge in [0.05, 0.1) is 0 Å². The average molecular weight is 445 g/mol. The summed E-state index contributed by atoms with van der Waals surface area (Å²) in [5, 5.41) is 15.0. The molecule has 1 saturated heterocycles. The number of benzene rings is 2. The summed E-state index contributed by atoms with van der Waals surface area (Å²) in [6.45, 7) is 4.38. The van der Waals surface area contributed by atoms with E-state index in [1.165, 1.54) is 30.4 Å². The largest absolute Gasteiger partial charge is 0.375 e. The second kappa shape index (κ2) is 8.25. The molecule has 2 N–H and O–H groups in total. The summed E-state index contributed by atoms with van der Waals surface area (Å²) in [4.78, 5) is 16.1. The van der Waals surface area contributed by atoms with Crippen molar-refractivity contribution in [1.29, 1.82) is 0 Å². The fraction of sp³-hybridized carbons (Fsp3) is 0.552. The molecule has 0 radical (unpaired) electrons. The lowest BCUT2D eigenvalue weighted by molar-refractivity contribution is -0.147. The Bertz CT molecular complexity index is 1020. The van der Waals surface area contributed by atoms with Crippen LogP contribution in [-0.2, 0) is 23.2 Å². The molecular weight excluding hydrogens is 408 g/mol. The van der Waals surface area contributed by atoms with Gasteiger partial charge in [0.25, 0.3) is 5.91 Å². The zero-order valence-electron chi connectivity index (χ0n) is 19.7. The first-order valence-corrected chi connectivity index (χ1v) is 13.0. The molecule has 1 amide bonds. The Hall–Kier alpha value is -2.17. The van der Waals surface area contributed by atoms with Crippen molar-refractivity contribution in [2.75, 3.05) is 13.1 Å². The van der Waals surface area contributed by atoms with E-state index in [2.05, 4.69) is 35.3 Å². The maximum Gasteiger partial charge on any atom is 0.257 e. The van der Waals surface area contributed by atoms with Crippen LogP contribution in [0.25, 0.3) is 0 Å². The van der Waals surface area contributed by atoms with Crippen LogP contribution in [0.2, 0.25) is 0 Å². The molecule has 33 heavy (non-hydrogen) atoms. The van der Waals surface area contributed by atoms with Crippen molar-refractivity contribution >= 4 is 5.91 Å². The minimum atomic E-state index is -1.41. The van der Waals surface area contributed by atoms with Crippen LogP contribution >= 0.6 is 0 Å². The Labute approximate surface area is 197 Å². The number of aryl methyl sites for hydroxylation is 2. The van der Waals surface area contributed by atoms with Gasteiger partial charge in [-0.2, -0.15) is 0 Å². The lowest BCUT2D eigenvalue weighted by Crippen LogP contribution is -2.51. The highest BCUT2D eigenvalue weighted by Gasteiger charge is 2.59. The molecule has 4 aliphatic rings. The zero-order chi connectivity index (χ0) is 22.6. The third kappa shape index (κ3) is 3.63. The zero-order valence-corrected chi connectivity index (χ0v) is 19.7.